The number of ketones is 2. The average Bonchev–Trinajstić information content (AvgIpc) is 2.85. The summed E-state index contributed by atoms with van der Waals surface area (Å²) in [6, 6.07) is 10.6. The van der Waals surface area contributed by atoms with Gasteiger partial charge in [-0.3, -0.25) is 9.59 Å². The summed E-state index contributed by atoms with van der Waals surface area (Å²) in [6.07, 6.45) is 0. The summed E-state index contributed by atoms with van der Waals surface area (Å²) < 4.78 is 24.1. The Kier molecular flexibility index (Phi) is 10.2. The molecular weight excluding hydrogens is 537 g/mol. The number of rotatable bonds is 11. The average molecular weight is 587 g/mol. The van der Waals surface area contributed by atoms with Gasteiger partial charge >= 0.3 is 0 Å². The van der Waals surface area contributed by atoms with Crippen LogP contribution in [0.1, 0.15) is 76.1 Å². The molecule has 2 rings (SSSR count). The van der Waals surface area contributed by atoms with Gasteiger partial charge in [0.05, 0.1) is 14.2 Å². The third-order valence-corrected chi connectivity index (χ3v) is 17.5. The van der Waals surface area contributed by atoms with Gasteiger partial charge in [-0.15, -0.1) is 0 Å². The van der Waals surface area contributed by atoms with Crippen molar-refractivity contribution in [3.05, 3.63) is 47.5 Å². The molecule has 0 heterocycles. The maximum atomic E-state index is 13.5. The van der Waals surface area contributed by atoms with Crippen LogP contribution in [0.4, 0.5) is 0 Å². The predicted octanol–water partition coefficient (Wildman–Crippen LogP) is 8.81. The minimum Gasteiger partial charge on any atom is -0.541 e. The first-order valence-corrected chi connectivity index (χ1v) is 19.8. The molecule has 2 aromatic rings. The third-order valence-electron chi connectivity index (χ3n) is 8.82. The zero-order valence-corrected chi connectivity index (χ0v) is 29.1. The van der Waals surface area contributed by atoms with Crippen molar-refractivity contribution in [2.24, 2.45) is 11.8 Å². The van der Waals surface area contributed by atoms with E-state index in [4.69, 9.17) is 18.3 Å². The molecule has 0 radical (unpaired) electrons. The Morgan fingerprint density at radius 1 is 0.600 bits per heavy atom. The van der Waals surface area contributed by atoms with E-state index in [2.05, 4.69) is 67.7 Å². The van der Waals surface area contributed by atoms with E-state index in [1.54, 1.807) is 64.5 Å². The predicted molar refractivity (Wildman–Crippen MR) is 169 cm³/mol. The summed E-state index contributed by atoms with van der Waals surface area (Å²) in [6.45, 7) is 25.3. The molecule has 40 heavy (non-hydrogen) atoms. The lowest BCUT2D eigenvalue weighted by Crippen LogP contribution is -2.43. The van der Waals surface area contributed by atoms with E-state index in [9.17, 15) is 9.59 Å². The molecule has 2 atom stereocenters. The molecule has 0 N–H and O–H groups in total. The number of hydrogen-bond donors (Lipinski definition) is 0. The van der Waals surface area contributed by atoms with Gasteiger partial charge in [0.2, 0.25) is 0 Å². The molecule has 0 saturated carbocycles. The standard InChI is InChI=1S/C32H50O6Si2/c1-21(29(33)23-15-17-25(27(19-23)35-9)37-39(11,12)31(3,4)5)22(2)30(34)24-16-18-26(28(20-24)36-10)38-40(13,14)32(6,7)8/h15-22H,1-14H3/t21-,22+. The number of hydrogen-bond acceptors (Lipinski definition) is 6. The zero-order valence-electron chi connectivity index (χ0n) is 27.1. The van der Waals surface area contributed by atoms with Crippen molar-refractivity contribution in [1.82, 2.24) is 0 Å². The normalized spacial score (nSPS) is 14.2. The van der Waals surface area contributed by atoms with Gasteiger partial charge in [0, 0.05) is 23.0 Å². The molecule has 0 aliphatic heterocycles. The Balaban J connectivity index is 2.28. The molecule has 0 aromatic heterocycles. The van der Waals surface area contributed by atoms with Crippen LogP contribution in [0.15, 0.2) is 36.4 Å². The van der Waals surface area contributed by atoms with E-state index < -0.39 is 28.5 Å². The van der Waals surface area contributed by atoms with E-state index in [-0.39, 0.29) is 21.6 Å². The van der Waals surface area contributed by atoms with Crippen LogP contribution in [0.2, 0.25) is 36.3 Å². The monoisotopic (exact) mass is 586 g/mol. The van der Waals surface area contributed by atoms with Gasteiger partial charge in [0.25, 0.3) is 16.6 Å². The summed E-state index contributed by atoms with van der Waals surface area (Å²) in [5.41, 5.74) is 0.976. The first kappa shape index (κ1) is 33.6. The first-order chi connectivity index (χ1) is 18.2. The highest BCUT2D eigenvalue weighted by atomic mass is 28.4. The molecule has 0 spiro atoms. The fraction of sp³-hybridized carbons (Fsp3) is 0.562. The summed E-state index contributed by atoms with van der Waals surface area (Å²) in [7, 11) is -1.04. The molecule has 0 aliphatic carbocycles. The fourth-order valence-corrected chi connectivity index (χ4v) is 5.70. The summed E-state index contributed by atoms with van der Waals surface area (Å²) in [5, 5.41) is 0.0447. The zero-order chi connectivity index (χ0) is 30.8. The minimum atomic E-state index is -2.09. The van der Waals surface area contributed by atoms with Gasteiger partial charge in [-0.1, -0.05) is 55.4 Å². The second-order valence-corrected chi connectivity index (χ2v) is 23.2. The first-order valence-electron chi connectivity index (χ1n) is 14.0. The van der Waals surface area contributed by atoms with Crippen LogP contribution < -0.4 is 18.3 Å². The van der Waals surface area contributed by atoms with Crippen molar-refractivity contribution in [2.45, 2.75) is 91.7 Å². The van der Waals surface area contributed by atoms with Gasteiger partial charge in [-0.05, 0) is 72.7 Å². The molecular formula is C32H50O6Si2. The highest BCUT2D eigenvalue weighted by molar-refractivity contribution is 6.75. The lowest BCUT2D eigenvalue weighted by atomic mass is 9.83. The molecule has 6 nitrogen and oxygen atoms in total. The smallest absolute Gasteiger partial charge is 0.250 e. The topological polar surface area (TPSA) is 71.1 Å². The van der Waals surface area contributed by atoms with Crippen LogP contribution in [0, 0.1) is 11.8 Å². The fourth-order valence-electron chi connectivity index (χ4n) is 3.65. The van der Waals surface area contributed by atoms with Gasteiger partial charge in [-0.2, -0.15) is 0 Å². The van der Waals surface area contributed by atoms with E-state index >= 15 is 0 Å². The molecule has 0 saturated heterocycles. The molecule has 0 aliphatic rings. The highest BCUT2D eigenvalue weighted by Gasteiger charge is 2.41. The van der Waals surface area contributed by atoms with E-state index in [0.29, 0.717) is 34.1 Å². The van der Waals surface area contributed by atoms with Crippen LogP contribution in [0.25, 0.3) is 0 Å². The molecule has 0 unspecified atom stereocenters. The van der Waals surface area contributed by atoms with Crippen LogP contribution in [-0.4, -0.2) is 42.4 Å². The van der Waals surface area contributed by atoms with Crippen LogP contribution >= 0.6 is 0 Å². The Labute approximate surface area is 244 Å². The Hall–Kier alpha value is -2.59. The van der Waals surface area contributed by atoms with Crippen molar-refractivity contribution in [2.75, 3.05) is 14.2 Å². The number of methoxy groups -OCH3 is 2. The summed E-state index contributed by atoms with van der Waals surface area (Å²) >= 11 is 0. The lowest BCUT2D eigenvalue weighted by molar-refractivity contribution is 0.0793. The molecule has 0 fully saturated rings. The minimum absolute atomic E-state index is 0.0224. The molecule has 222 valence electrons. The number of benzene rings is 2. The number of ether oxygens (including phenoxy) is 2. The number of Topliss-reactive ketones (excluding diaryl/α,β-unsaturated/α-hetero) is 2. The Bertz CT molecular complexity index is 1130. The molecule has 0 bridgehead atoms. The maximum absolute atomic E-state index is 13.5. The van der Waals surface area contributed by atoms with Crippen LogP contribution in [0.3, 0.4) is 0 Å². The van der Waals surface area contributed by atoms with E-state index in [1.807, 2.05) is 0 Å². The molecule has 0 amide bonds. The molecule has 2 aromatic carbocycles. The van der Waals surface area contributed by atoms with Gasteiger partial charge in [0.15, 0.2) is 23.1 Å². The van der Waals surface area contributed by atoms with Crippen molar-refractivity contribution in [3.8, 4) is 23.0 Å². The second kappa shape index (κ2) is 12.1. The largest absolute Gasteiger partial charge is 0.541 e. The Morgan fingerprint density at radius 3 is 1.15 bits per heavy atom. The lowest BCUT2D eigenvalue weighted by Gasteiger charge is -2.36. The summed E-state index contributed by atoms with van der Waals surface area (Å²) in [5.74, 6) is 0.972. The quantitative estimate of drug-likeness (QED) is 0.194. The summed E-state index contributed by atoms with van der Waals surface area (Å²) in [4.78, 5) is 27.0. The number of carbonyl (C=O) groups excluding carboxylic acids is 2. The van der Waals surface area contributed by atoms with E-state index in [0.717, 1.165) is 0 Å². The third kappa shape index (κ3) is 7.37. The van der Waals surface area contributed by atoms with Crippen molar-refractivity contribution >= 4 is 28.2 Å². The molecule has 8 heteroatoms. The van der Waals surface area contributed by atoms with Crippen LogP contribution in [0.5, 0.6) is 23.0 Å². The van der Waals surface area contributed by atoms with Gasteiger partial charge in [-0.25, -0.2) is 0 Å². The SMILES string of the molecule is COc1cc(C(=O)[C@@H](C)[C@@H](C)C(=O)c2ccc(O[Si](C)(C)C(C)(C)C)c(OC)c2)ccc1O[Si](C)(C)C(C)(C)C. The van der Waals surface area contributed by atoms with Crippen LogP contribution in [-0.2, 0) is 0 Å². The van der Waals surface area contributed by atoms with Crippen molar-refractivity contribution in [3.63, 3.8) is 0 Å². The maximum Gasteiger partial charge on any atom is 0.250 e. The van der Waals surface area contributed by atoms with E-state index in [1.165, 1.54) is 0 Å². The number of carbonyl (C=O) groups is 2. The van der Waals surface area contributed by atoms with Crippen molar-refractivity contribution in [1.29, 1.82) is 0 Å². The van der Waals surface area contributed by atoms with Crippen molar-refractivity contribution < 1.29 is 27.9 Å². The highest BCUT2D eigenvalue weighted by Crippen LogP contribution is 2.42. The Morgan fingerprint density at radius 2 is 0.900 bits per heavy atom. The van der Waals surface area contributed by atoms with Gasteiger partial charge < -0.3 is 18.3 Å². The van der Waals surface area contributed by atoms with Gasteiger partial charge in [0.1, 0.15) is 11.5 Å². The second-order valence-electron chi connectivity index (χ2n) is 13.8.